The zero-order valence-electron chi connectivity index (χ0n) is 5.03. The van der Waals surface area contributed by atoms with E-state index in [1.807, 2.05) is 0 Å². The second kappa shape index (κ2) is 3.58. The van der Waals surface area contributed by atoms with Gasteiger partial charge in [-0.25, -0.2) is 0 Å². The van der Waals surface area contributed by atoms with Crippen molar-refractivity contribution in [2.24, 2.45) is 0 Å². The highest BCUT2D eigenvalue weighted by molar-refractivity contribution is 7.86. The molecular weight excluding hydrogens is 144 g/mol. The van der Waals surface area contributed by atoms with E-state index in [0.717, 1.165) is 0 Å². The molecule has 0 N–H and O–H groups in total. The lowest BCUT2D eigenvalue weighted by atomic mass is 10.9. The Morgan fingerprint density at radius 2 is 2.11 bits per heavy atom. The molecule has 0 heterocycles. The molecule has 0 atom stereocenters. The summed E-state index contributed by atoms with van der Waals surface area (Å²) in [5.41, 5.74) is 0. The van der Waals surface area contributed by atoms with E-state index in [4.69, 9.17) is 0 Å². The predicted molar refractivity (Wildman–Crippen MR) is 31.5 cm³/mol. The summed E-state index contributed by atoms with van der Waals surface area (Å²) >= 11 is 0. The van der Waals surface area contributed by atoms with E-state index in [0.29, 0.717) is 6.29 Å². The third-order valence-electron chi connectivity index (χ3n) is 0.669. The molecule has 0 fully saturated rings. The van der Waals surface area contributed by atoms with Crippen LogP contribution in [0.4, 0.5) is 0 Å². The number of carbonyl (C=O) groups is 1. The fraction of sp³-hybridized carbons (Fsp3) is 0.750. The third kappa shape index (κ3) is 4.11. The number of carbonyl (C=O) groups excluding carboxylic acids is 1. The quantitative estimate of drug-likeness (QED) is 0.404. The van der Waals surface area contributed by atoms with Crippen molar-refractivity contribution in [1.29, 1.82) is 0 Å². The van der Waals surface area contributed by atoms with Gasteiger partial charge in [-0.1, -0.05) is 0 Å². The molecule has 0 aliphatic heterocycles. The van der Waals surface area contributed by atoms with Gasteiger partial charge in [0.05, 0.1) is 5.75 Å². The van der Waals surface area contributed by atoms with Crippen LogP contribution in [0.25, 0.3) is 0 Å². The highest BCUT2D eigenvalue weighted by Crippen LogP contribution is 1.88. The van der Waals surface area contributed by atoms with E-state index in [-0.39, 0.29) is 12.4 Å². The fourth-order valence-corrected chi connectivity index (χ4v) is 0.644. The molecule has 0 aliphatic carbocycles. The first-order chi connectivity index (χ1) is 4.12. The van der Waals surface area contributed by atoms with Crippen LogP contribution in [-0.2, 0) is 19.1 Å². The molecule has 0 aromatic carbocycles. The Kier molecular flexibility index (Phi) is 3.41. The van der Waals surface area contributed by atoms with Gasteiger partial charge in [0, 0.05) is 0 Å². The van der Waals surface area contributed by atoms with Crippen molar-refractivity contribution in [2.45, 2.75) is 6.92 Å². The summed E-state index contributed by atoms with van der Waals surface area (Å²) in [5.74, 6) is -0.0964. The molecule has 0 unspecified atom stereocenters. The van der Waals surface area contributed by atoms with Crippen LogP contribution in [0.3, 0.4) is 0 Å². The van der Waals surface area contributed by atoms with E-state index >= 15 is 0 Å². The van der Waals surface area contributed by atoms with Crippen LogP contribution in [0, 0.1) is 0 Å². The van der Waals surface area contributed by atoms with Gasteiger partial charge in [-0.3, -0.25) is 4.18 Å². The molecule has 0 spiro atoms. The zero-order chi connectivity index (χ0) is 7.33. The number of aldehydes is 1. The van der Waals surface area contributed by atoms with Gasteiger partial charge in [-0.05, 0) is 6.92 Å². The van der Waals surface area contributed by atoms with Crippen molar-refractivity contribution in [1.82, 2.24) is 0 Å². The second-order valence-corrected chi connectivity index (χ2v) is 3.23. The van der Waals surface area contributed by atoms with Crippen LogP contribution in [0.5, 0.6) is 0 Å². The molecule has 0 aliphatic rings. The molecule has 0 bridgehead atoms. The lowest BCUT2D eigenvalue weighted by molar-refractivity contribution is -0.109. The number of rotatable bonds is 4. The van der Waals surface area contributed by atoms with Crippen LogP contribution in [0.2, 0.25) is 0 Å². The van der Waals surface area contributed by atoms with Crippen LogP contribution in [0.15, 0.2) is 0 Å². The lowest BCUT2D eigenvalue weighted by Crippen LogP contribution is -2.09. The molecule has 0 amide bonds. The summed E-state index contributed by atoms with van der Waals surface area (Å²) in [5, 5.41) is 0. The summed E-state index contributed by atoms with van der Waals surface area (Å²) in [4.78, 5) is 9.58. The van der Waals surface area contributed by atoms with E-state index in [1.165, 1.54) is 6.92 Å². The van der Waals surface area contributed by atoms with Crippen molar-refractivity contribution in [3.05, 3.63) is 0 Å². The summed E-state index contributed by atoms with van der Waals surface area (Å²) in [6, 6.07) is 0. The molecule has 0 aromatic heterocycles. The standard InChI is InChI=1S/C4H8O4S/c1-2-9(6,7)8-4-3-5/h3H,2,4H2,1H3. The Labute approximate surface area is 53.9 Å². The van der Waals surface area contributed by atoms with E-state index < -0.39 is 10.1 Å². The van der Waals surface area contributed by atoms with Crippen LogP contribution < -0.4 is 0 Å². The van der Waals surface area contributed by atoms with Gasteiger partial charge >= 0.3 is 0 Å². The Balaban J connectivity index is 3.74. The molecule has 5 heteroatoms. The fourth-order valence-electron chi connectivity index (χ4n) is 0.215. The van der Waals surface area contributed by atoms with Crippen molar-refractivity contribution < 1.29 is 17.4 Å². The molecular formula is C4H8O4S. The van der Waals surface area contributed by atoms with Crippen LogP contribution in [-0.4, -0.2) is 27.1 Å². The van der Waals surface area contributed by atoms with Gasteiger partial charge in [0.2, 0.25) is 0 Å². The highest BCUT2D eigenvalue weighted by atomic mass is 32.2. The molecule has 54 valence electrons. The minimum Gasteiger partial charge on any atom is -0.301 e. The molecule has 0 radical (unpaired) electrons. The first-order valence-corrected chi connectivity index (χ1v) is 4.01. The van der Waals surface area contributed by atoms with Crippen LogP contribution in [0.1, 0.15) is 6.92 Å². The maximum absolute atomic E-state index is 10.4. The summed E-state index contributed by atoms with van der Waals surface area (Å²) in [6.07, 6.45) is 0.396. The Hall–Kier alpha value is -0.420. The summed E-state index contributed by atoms with van der Waals surface area (Å²) < 4.78 is 24.9. The van der Waals surface area contributed by atoms with Crippen LogP contribution >= 0.6 is 0 Å². The number of hydrogen-bond donors (Lipinski definition) is 0. The van der Waals surface area contributed by atoms with Gasteiger partial charge in [-0.15, -0.1) is 0 Å². The Bertz CT molecular complexity index is 169. The zero-order valence-corrected chi connectivity index (χ0v) is 5.85. The SMILES string of the molecule is CCS(=O)(=O)OCC=O. The number of hydrogen-bond acceptors (Lipinski definition) is 4. The van der Waals surface area contributed by atoms with E-state index in [2.05, 4.69) is 4.18 Å². The first kappa shape index (κ1) is 8.58. The summed E-state index contributed by atoms with van der Waals surface area (Å²) in [7, 11) is -3.41. The predicted octanol–water partition coefficient (Wildman–Crippen LogP) is -0.448. The van der Waals surface area contributed by atoms with Crippen molar-refractivity contribution >= 4 is 16.4 Å². The monoisotopic (exact) mass is 152 g/mol. The van der Waals surface area contributed by atoms with Gasteiger partial charge in [0.1, 0.15) is 12.9 Å². The largest absolute Gasteiger partial charge is 0.301 e. The average Bonchev–Trinajstić information content (AvgIpc) is 1.84. The smallest absolute Gasteiger partial charge is 0.267 e. The Morgan fingerprint density at radius 3 is 2.44 bits per heavy atom. The normalized spacial score (nSPS) is 11.2. The van der Waals surface area contributed by atoms with Crippen molar-refractivity contribution in [3.63, 3.8) is 0 Å². The van der Waals surface area contributed by atoms with Gasteiger partial charge in [0.15, 0.2) is 0 Å². The molecule has 0 aromatic rings. The van der Waals surface area contributed by atoms with Crippen molar-refractivity contribution in [2.75, 3.05) is 12.4 Å². The van der Waals surface area contributed by atoms with Gasteiger partial charge < -0.3 is 4.79 Å². The maximum atomic E-state index is 10.4. The molecule has 9 heavy (non-hydrogen) atoms. The van der Waals surface area contributed by atoms with E-state index in [1.54, 1.807) is 0 Å². The molecule has 0 saturated heterocycles. The second-order valence-electron chi connectivity index (χ2n) is 1.30. The molecule has 0 saturated carbocycles. The average molecular weight is 152 g/mol. The first-order valence-electron chi connectivity index (χ1n) is 2.43. The van der Waals surface area contributed by atoms with E-state index in [9.17, 15) is 13.2 Å². The summed E-state index contributed by atoms with van der Waals surface area (Å²) in [6.45, 7) is 1.07. The van der Waals surface area contributed by atoms with Gasteiger partial charge in [-0.2, -0.15) is 8.42 Å². The minimum absolute atomic E-state index is 0.0964. The highest BCUT2D eigenvalue weighted by Gasteiger charge is 2.04. The Morgan fingerprint density at radius 1 is 1.56 bits per heavy atom. The maximum Gasteiger partial charge on any atom is 0.267 e. The minimum atomic E-state index is -3.41. The van der Waals surface area contributed by atoms with Crippen molar-refractivity contribution in [3.8, 4) is 0 Å². The van der Waals surface area contributed by atoms with Gasteiger partial charge in [0.25, 0.3) is 10.1 Å². The third-order valence-corrected chi connectivity index (χ3v) is 1.87. The molecule has 0 rings (SSSR count). The topological polar surface area (TPSA) is 60.4 Å². The molecule has 4 nitrogen and oxygen atoms in total. The lowest BCUT2D eigenvalue weighted by Gasteiger charge is -1.95.